The Morgan fingerprint density at radius 3 is 2.35 bits per heavy atom. The van der Waals surface area contributed by atoms with Crippen molar-refractivity contribution in [1.82, 2.24) is 5.32 Å². The van der Waals surface area contributed by atoms with Crippen LogP contribution in [0.5, 0.6) is 0 Å². The maximum Gasteiger partial charge on any atom is 0.407 e. The summed E-state index contributed by atoms with van der Waals surface area (Å²) in [4.78, 5) is 12.2. The highest BCUT2D eigenvalue weighted by Crippen LogP contribution is 2.44. The molecule has 0 unspecified atom stereocenters. The fourth-order valence-corrected chi connectivity index (χ4v) is 3.92. The van der Waals surface area contributed by atoms with Gasteiger partial charge in [-0.05, 0) is 40.5 Å². The van der Waals surface area contributed by atoms with Gasteiger partial charge in [0.25, 0.3) is 0 Å². The van der Waals surface area contributed by atoms with Crippen LogP contribution >= 0.6 is 11.6 Å². The largest absolute Gasteiger partial charge is 0.449 e. The lowest BCUT2D eigenvalue weighted by Gasteiger charge is -2.14. The molecule has 0 saturated heterocycles. The van der Waals surface area contributed by atoms with Gasteiger partial charge < -0.3 is 10.1 Å². The number of carbonyl (C=O) groups is 1. The highest BCUT2D eigenvalue weighted by Gasteiger charge is 2.28. The molecule has 4 nitrogen and oxygen atoms in total. The third kappa shape index (κ3) is 4.56. The van der Waals surface area contributed by atoms with Crippen LogP contribution in [-0.4, -0.2) is 19.2 Å². The molecule has 0 spiro atoms. The zero-order chi connectivity index (χ0) is 21.6. The van der Waals surface area contributed by atoms with E-state index in [4.69, 9.17) is 21.6 Å². The number of benzene rings is 3. The van der Waals surface area contributed by atoms with Crippen LogP contribution in [0.3, 0.4) is 0 Å². The molecule has 0 fully saturated rings. The van der Waals surface area contributed by atoms with Crippen molar-refractivity contribution in [1.29, 1.82) is 5.26 Å². The van der Waals surface area contributed by atoms with Crippen molar-refractivity contribution in [3.05, 3.63) is 94.0 Å². The molecule has 0 saturated carbocycles. The number of nitrogens with zero attached hydrogens (tertiary/aromatic N) is 1. The Morgan fingerprint density at radius 2 is 1.68 bits per heavy atom. The number of halogens is 1. The van der Waals surface area contributed by atoms with Crippen molar-refractivity contribution >= 4 is 17.7 Å². The van der Waals surface area contributed by atoms with E-state index in [9.17, 15) is 4.79 Å². The molecule has 3 aromatic rings. The highest BCUT2D eigenvalue weighted by molar-refractivity contribution is 6.30. The Kier molecular flexibility index (Phi) is 6.22. The smallest absolute Gasteiger partial charge is 0.407 e. The van der Waals surface area contributed by atoms with Crippen LogP contribution in [-0.2, 0) is 4.74 Å². The summed E-state index contributed by atoms with van der Waals surface area (Å²) in [6, 6.07) is 23.5. The second-order valence-electron chi connectivity index (χ2n) is 7.11. The van der Waals surface area contributed by atoms with Gasteiger partial charge in [0.2, 0.25) is 0 Å². The van der Waals surface area contributed by atoms with Crippen LogP contribution in [0.25, 0.3) is 11.1 Å². The van der Waals surface area contributed by atoms with Gasteiger partial charge in [-0.2, -0.15) is 5.26 Å². The number of nitriles is 1. The lowest BCUT2D eigenvalue weighted by molar-refractivity contribution is 0.143. The lowest BCUT2D eigenvalue weighted by atomic mass is 9.98. The van der Waals surface area contributed by atoms with E-state index in [2.05, 4.69) is 47.5 Å². The SMILES string of the molecule is N#Cc1ccc(Cl)cc1C#CCCNC(=O)OCC1c2ccccc2-c2ccccc21. The second kappa shape index (κ2) is 9.39. The Morgan fingerprint density at radius 1 is 1.00 bits per heavy atom. The molecule has 1 amide bonds. The first-order valence-electron chi connectivity index (χ1n) is 9.94. The number of hydrogen-bond donors (Lipinski definition) is 1. The van der Waals surface area contributed by atoms with Gasteiger partial charge in [-0.25, -0.2) is 4.79 Å². The maximum absolute atomic E-state index is 12.2. The van der Waals surface area contributed by atoms with Crippen LogP contribution in [0.2, 0.25) is 5.02 Å². The molecule has 3 aromatic carbocycles. The molecule has 4 rings (SSSR count). The van der Waals surface area contributed by atoms with Crippen molar-refractivity contribution in [2.24, 2.45) is 0 Å². The van der Waals surface area contributed by atoms with E-state index in [1.165, 1.54) is 22.3 Å². The number of rotatable bonds is 4. The van der Waals surface area contributed by atoms with Gasteiger partial charge in [0.1, 0.15) is 12.7 Å². The quantitative estimate of drug-likeness (QED) is 0.443. The van der Waals surface area contributed by atoms with Gasteiger partial charge in [0.15, 0.2) is 0 Å². The summed E-state index contributed by atoms with van der Waals surface area (Å²) in [5, 5.41) is 12.4. The monoisotopic (exact) mass is 426 g/mol. The molecule has 31 heavy (non-hydrogen) atoms. The Labute approximate surface area is 186 Å². The maximum atomic E-state index is 12.2. The topological polar surface area (TPSA) is 62.1 Å². The summed E-state index contributed by atoms with van der Waals surface area (Å²) in [6.45, 7) is 0.631. The van der Waals surface area contributed by atoms with E-state index < -0.39 is 6.09 Å². The van der Waals surface area contributed by atoms with Gasteiger partial charge in [0.05, 0.1) is 5.56 Å². The van der Waals surface area contributed by atoms with E-state index in [0.29, 0.717) is 29.1 Å². The molecule has 0 atom stereocenters. The van der Waals surface area contributed by atoms with Gasteiger partial charge in [0, 0.05) is 29.5 Å². The van der Waals surface area contributed by atoms with E-state index in [0.717, 1.165) is 0 Å². The molecule has 152 valence electrons. The molecular formula is C26H19ClN2O2. The van der Waals surface area contributed by atoms with Crippen LogP contribution in [0.1, 0.15) is 34.6 Å². The Hall–Kier alpha value is -3.73. The summed E-state index contributed by atoms with van der Waals surface area (Å²) in [7, 11) is 0. The molecule has 0 radical (unpaired) electrons. The molecule has 1 aliphatic rings. The summed E-state index contributed by atoms with van der Waals surface area (Å²) < 4.78 is 5.50. The van der Waals surface area contributed by atoms with Gasteiger partial charge >= 0.3 is 6.09 Å². The normalized spacial score (nSPS) is 11.5. The number of hydrogen-bond acceptors (Lipinski definition) is 3. The molecule has 0 heterocycles. The number of ether oxygens (including phenoxy) is 1. The lowest BCUT2D eigenvalue weighted by Crippen LogP contribution is -2.26. The number of nitrogens with one attached hydrogen (secondary N) is 1. The van der Waals surface area contributed by atoms with Crippen LogP contribution in [0.15, 0.2) is 66.7 Å². The van der Waals surface area contributed by atoms with Crippen molar-refractivity contribution in [2.45, 2.75) is 12.3 Å². The standard InChI is InChI=1S/C26H19ClN2O2/c27-20-13-12-19(16-28)18(15-20)7-5-6-14-29-26(30)31-17-25-23-10-3-1-8-21(23)22-9-2-4-11-24(22)25/h1-4,8-13,15,25H,6,14,17H2,(H,29,30). The fourth-order valence-electron chi connectivity index (χ4n) is 3.75. The van der Waals surface area contributed by atoms with E-state index >= 15 is 0 Å². The first-order chi connectivity index (χ1) is 15.2. The highest BCUT2D eigenvalue weighted by atomic mass is 35.5. The predicted molar refractivity (Wildman–Crippen MR) is 121 cm³/mol. The number of amides is 1. The number of fused-ring (bicyclic) bond motifs is 3. The minimum absolute atomic E-state index is 0.0326. The van der Waals surface area contributed by atoms with Crippen molar-refractivity contribution < 1.29 is 9.53 Å². The Bertz CT molecular complexity index is 1190. The first-order valence-corrected chi connectivity index (χ1v) is 10.3. The average molecular weight is 427 g/mol. The number of carbonyl (C=O) groups excluding carboxylic acids is 1. The van der Waals surface area contributed by atoms with Gasteiger partial charge in [-0.15, -0.1) is 0 Å². The summed E-state index contributed by atoms with van der Waals surface area (Å²) >= 11 is 5.96. The van der Waals surface area contributed by atoms with Crippen molar-refractivity contribution in [2.75, 3.05) is 13.2 Å². The minimum atomic E-state index is -0.468. The number of alkyl carbamates (subject to hydrolysis) is 1. The molecule has 1 N–H and O–H groups in total. The zero-order valence-electron chi connectivity index (χ0n) is 16.7. The molecule has 0 bridgehead atoms. The first kappa shape index (κ1) is 20.5. The summed E-state index contributed by atoms with van der Waals surface area (Å²) in [5.74, 6) is 5.91. The predicted octanol–water partition coefficient (Wildman–Crippen LogP) is 5.49. The van der Waals surface area contributed by atoms with Gasteiger partial charge in [-0.1, -0.05) is 72.0 Å². The summed E-state index contributed by atoms with van der Waals surface area (Å²) in [6.07, 6.45) is -0.0363. The Balaban J connectivity index is 1.31. The molecule has 5 heteroatoms. The zero-order valence-corrected chi connectivity index (χ0v) is 17.4. The van der Waals surface area contributed by atoms with E-state index in [1.807, 2.05) is 24.3 Å². The minimum Gasteiger partial charge on any atom is -0.449 e. The summed E-state index contributed by atoms with van der Waals surface area (Å²) in [5.41, 5.74) is 5.80. The van der Waals surface area contributed by atoms with Gasteiger partial charge in [-0.3, -0.25) is 0 Å². The van der Waals surface area contributed by atoms with Crippen molar-refractivity contribution in [3.8, 4) is 29.0 Å². The van der Waals surface area contributed by atoms with E-state index in [-0.39, 0.29) is 12.5 Å². The van der Waals surface area contributed by atoms with E-state index in [1.54, 1.807) is 18.2 Å². The van der Waals surface area contributed by atoms with Crippen LogP contribution in [0.4, 0.5) is 4.79 Å². The fraction of sp³-hybridized carbons (Fsp3) is 0.154. The molecule has 0 aliphatic heterocycles. The van der Waals surface area contributed by atoms with Crippen LogP contribution < -0.4 is 5.32 Å². The molecule has 1 aliphatic carbocycles. The molecular weight excluding hydrogens is 408 g/mol. The third-order valence-electron chi connectivity index (χ3n) is 5.19. The third-order valence-corrected chi connectivity index (χ3v) is 5.42. The second-order valence-corrected chi connectivity index (χ2v) is 7.54. The molecule has 0 aromatic heterocycles. The average Bonchev–Trinajstić information content (AvgIpc) is 3.11. The van der Waals surface area contributed by atoms with Crippen molar-refractivity contribution in [3.63, 3.8) is 0 Å². The van der Waals surface area contributed by atoms with Crippen LogP contribution in [0, 0.1) is 23.2 Å².